The first-order valence-electron chi connectivity index (χ1n) is 6.56. The Balaban J connectivity index is 1.88. The number of fused-ring (bicyclic) bond motifs is 1. The summed E-state index contributed by atoms with van der Waals surface area (Å²) in [6.07, 6.45) is -1.48. The average Bonchev–Trinajstić information content (AvgIpc) is 2.89. The molecule has 3 aromatic rings. The van der Waals surface area contributed by atoms with Crippen molar-refractivity contribution in [1.29, 1.82) is 0 Å². The highest BCUT2D eigenvalue weighted by Crippen LogP contribution is 2.29. The molecule has 0 radical (unpaired) electrons. The maximum atomic E-state index is 12.5. The zero-order chi connectivity index (χ0) is 15.7. The van der Waals surface area contributed by atoms with E-state index >= 15 is 0 Å². The number of carbonyl (C=O) groups excluding carboxylic acids is 1. The summed E-state index contributed by atoms with van der Waals surface area (Å²) >= 11 is 0. The zero-order valence-electron chi connectivity index (χ0n) is 11.3. The number of rotatable bonds is 3. The van der Waals surface area contributed by atoms with Gasteiger partial charge in [-0.25, -0.2) is 4.98 Å². The van der Waals surface area contributed by atoms with Gasteiger partial charge in [0.05, 0.1) is 17.0 Å². The van der Waals surface area contributed by atoms with Crippen LogP contribution in [0.1, 0.15) is 27.3 Å². The van der Waals surface area contributed by atoms with Crippen molar-refractivity contribution in [1.82, 2.24) is 9.38 Å². The van der Waals surface area contributed by atoms with Crippen molar-refractivity contribution in [2.75, 3.05) is 0 Å². The minimum Gasteiger partial charge on any atom is -0.297 e. The predicted molar refractivity (Wildman–Crippen MR) is 74.8 cm³/mol. The van der Waals surface area contributed by atoms with E-state index in [1.54, 1.807) is 28.8 Å². The van der Waals surface area contributed by atoms with Gasteiger partial charge in [0.25, 0.3) is 0 Å². The highest BCUT2D eigenvalue weighted by atomic mass is 19.4. The van der Waals surface area contributed by atoms with Crippen LogP contribution in [0.25, 0.3) is 5.65 Å². The molecule has 0 saturated carbocycles. The summed E-state index contributed by atoms with van der Waals surface area (Å²) in [5.74, 6) is 0. The Hall–Kier alpha value is -2.63. The van der Waals surface area contributed by atoms with Crippen molar-refractivity contribution in [2.45, 2.75) is 12.6 Å². The summed E-state index contributed by atoms with van der Waals surface area (Å²) in [4.78, 5) is 15.3. The lowest BCUT2D eigenvalue weighted by atomic mass is 10.1. The molecule has 3 rings (SSSR count). The van der Waals surface area contributed by atoms with E-state index in [2.05, 4.69) is 4.98 Å². The Labute approximate surface area is 124 Å². The van der Waals surface area contributed by atoms with Gasteiger partial charge < -0.3 is 0 Å². The smallest absolute Gasteiger partial charge is 0.297 e. The number of pyridine rings is 1. The van der Waals surface area contributed by atoms with Gasteiger partial charge in [-0.1, -0.05) is 18.2 Å². The Morgan fingerprint density at radius 3 is 2.45 bits per heavy atom. The third kappa shape index (κ3) is 2.72. The van der Waals surface area contributed by atoms with Gasteiger partial charge in [0.2, 0.25) is 0 Å². The fourth-order valence-corrected chi connectivity index (χ4v) is 2.28. The van der Waals surface area contributed by atoms with Crippen LogP contribution >= 0.6 is 0 Å². The molecule has 0 aliphatic heterocycles. The van der Waals surface area contributed by atoms with Crippen molar-refractivity contribution >= 4 is 11.9 Å². The minimum atomic E-state index is -4.33. The SMILES string of the molecule is O=Cc1cccc2nc(Cc3ccc(C(F)(F)F)cc3)cn12. The standard InChI is InChI=1S/C16H11F3N2O/c17-16(18,19)12-6-4-11(5-7-12)8-13-9-21-14(10-22)2-1-3-15(21)20-13/h1-7,9-10H,8H2. The van der Waals surface area contributed by atoms with Crippen molar-refractivity contribution in [2.24, 2.45) is 0 Å². The van der Waals surface area contributed by atoms with Crippen molar-refractivity contribution in [3.8, 4) is 0 Å². The van der Waals surface area contributed by atoms with Gasteiger partial charge in [-0.15, -0.1) is 0 Å². The number of hydrogen-bond acceptors (Lipinski definition) is 2. The molecule has 22 heavy (non-hydrogen) atoms. The second-order valence-electron chi connectivity index (χ2n) is 4.90. The maximum absolute atomic E-state index is 12.5. The highest BCUT2D eigenvalue weighted by Gasteiger charge is 2.29. The van der Waals surface area contributed by atoms with Crippen LogP contribution in [0, 0.1) is 0 Å². The van der Waals surface area contributed by atoms with Crippen molar-refractivity contribution < 1.29 is 18.0 Å². The van der Waals surface area contributed by atoms with Gasteiger partial charge in [0, 0.05) is 12.6 Å². The molecule has 2 heterocycles. The maximum Gasteiger partial charge on any atom is 0.416 e. The molecule has 0 aliphatic rings. The number of benzene rings is 1. The third-order valence-corrected chi connectivity index (χ3v) is 3.36. The van der Waals surface area contributed by atoms with E-state index in [0.29, 0.717) is 23.5 Å². The molecule has 0 atom stereocenters. The molecule has 0 fully saturated rings. The highest BCUT2D eigenvalue weighted by molar-refractivity contribution is 5.73. The molecular formula is C16H11F3N2O. The van der Waals surface area contributed by atoms with E-state index in [4.69, 9.17) is 0 Å². The number of hydrogen-bond donors (Lipinski definition) is 0. The van der Waals surface area contributed by atoms with Gasteiger partial charge in [0.1, 0.15) is 5.65 Å². The normalized spacial score (nSPS) is 11.8. The lowest BCUT2D eigenvalue weighted by Gasteiger charge is -2.06. The molecule has 1 aromatic carbocycles. The quantitative estimate of drug-likeness (QED) is 0.691. The van der Waals surface area contributed by atoms with E-state index in [0.717, 1.165) is 24.0 Å². The number of alkyl halides is 3. The first-order valence-corrected chi connectivity index (χ1v) is 6.56. The van der Waals surface area contributed by atoms with Gasteiger partial charge in [-0.2, -0.15) is 13.2 Å². The number of aldehydes is 1. The van der Waals surface area contributed by atoms with Crippen LogP contribution in [-0.4, -0.2) is 15.7 Å². The van der Waals surface area contributed by atoms with Gasteiger partial charge in [-0.05, 0) is 29.8 Å². The Bertz CT molecular complexity index is 820. The van der Waals surface area contributed by atoms with Crippen molar-refractivity contribution in [3.63, 3.8) is 0 Å². The minimum absolute atomic E-state index is 0.401. The van der Waals surface area contributed by atoms with Gasteiger partial charge in [-0.3, -0.25) is 9.20 Å². The molecule has 0 N–H and O–H groups in total. The summed E-state index contributed by atoms with van der Waals surface area (Å²) in [6.45, 7) is 0. The first-order chi connectivity index (χ1) is 10.5. The monoisotopic (exact) mass is 304 g/mol. The summed E-state index contributed by atoms with van der Waals surface area (Å²) in [7, 11) is 0. The molecule has 112 valence electrons. The summed E-state index contributed by atoms with van der Waals surface area (Å²) in [6, 6.07) is 10.2. The largest absolute Gasteiger partial charge is 0.416 e. The molecule has 0 amide bonds. The van der Waals surface area contributed by atoms with E-state index in [9.17, 15) is 18.0 Å². The van der Waals surface area contributed by atoms with Crippen LogP contribution in [0.15, 0.2) is 48.7 Å². The molecule has 0 bridgehead atoms. The van der Waals surface area contributed by atoms with Gasteiger partial charge >= 0.3 is 6.18 Å². The van der Waals surface area contributed by atoms with Crippen LogP contribution in [0.3, 0.4) is 0 Å². The first kappa shape index (κ1) is 14.3. The fourth-order valence-electron chi connectivity index (χ4n) is 2.28. The number of nitrogens with zero attached hydrogens (tertiary/aromatic N) is 2. The molecule has 0 unspecified atom stereocenters. The number of aromatic nitrogens is 2. The van der Waals surface area contributed by atoms with Crippen LogP contribution in [0.2, 0.25) is 0 Å². The number of halogens is 3. The molecule has 2 aromatic heterocycles. The Morgan fingerprint density at radius 1 is 1.09 bits per heavy atom. The molecular weight excluding hydrogens is 293 g/mol. The molecule has 6 heteroatoms. The zero-order valence-corrected chi connectivity index (χ0v) is 11.3. The van der Waals surface area contributed by atoms with Crippen molar-refractivity contribution in [3.05, 3.63) is 71.2 Å². The summed E-state index contributed by atoms with van der Waals surface area (Å²) in [5, 5.41) is 0. The Morgan fingerprint density at radius 2 is 1.82 bits per heavy atom. The van der Waals surface area contributed by atoms with Crippen LogP contribution in [0.5, 0.6) is 0 Å². The number of carbonyl (C=O) groups is 1. The molecule has 0 aliphatic carbocycles. The van der Waals surface area contributed by atoms with E-state index in [1.807, 2.05) is 0 Å². The second kappa shape index (κ2) is 5.29. The summed E-state index contributed by atoms with van der Waals surface area (Å²) in [5.41, 5.74) is 1.85. The third-order valence-electron chi connectivity index (χ3n) is 3.36. The van der Waals surface area contributed by atoms with Crippen LogP contribution in [0.4, 0.5) is 13.2 Å². The molecule has 3 nitrogen and oxygen atoms in total. The second-order valence-corrected chi connectivity index (χ2v) is 4.90. The molecule has 0 spiro atoms. The van der Waals surface area contributed by atoms with Crippen LogP contribution < -0.4 is 0 Å². The van der Waals surface area contributed by atoms with Crippen LogP contribution in [-0.2, 0) is 12.6 Å². The topological polar surface area (TPSA) is 34.4 Å². The number of imidazole rings is 1. The van der Waals surface area contributed by atoms with Gasteiger partial charge in [0.15, 0.2) is 6.29 Å². The fraction of sp³-hybridized carbons (Fsp3) is 0.125. The Kier molecular flexibility index (Phi) is 3.44. The van der Waals surface area contributed by atoms with E-state index in [1.165, 1.54) is 12.1 Å². The van der Waals surface area contributed by atoms with E-state index in [-0.39, 0.29) is 0 Å². The predicted octanol–water partition coefficient (Wildman–Crippen LogP) is 3.76. The lowest BCUT2D eigenvalue weighted by Crippen LogP contribution is -2.04. The lowest BCUT2D eigenvalue weighted by molar-refractivity contribution is -0.137. The van der Waals surface area contributed by atoms with E-state index < -0.39 is 11.7 Å². The average molecular weight is 304 g/mol. The molecule has 0 saturated heterocycles. The summed E-state index contributed by atoms with van der Waals surface area (Å²) < 4.78 is 39.2.